The molecular formula is C55H37N2OP. The molecule has 278 valence electrons. The van der Waals surface area contributed by atoms with Crippen LogP contribution in [0.1, 0.15) is 12.7 Å². The van der Waals surface area contributed by atoms with Gasteiger partial charge in [-0.25, -0.2) is 4.98 Å². The van der Waals surface area contributed by atoms with Crippen molar-refractivity contribution in [3.05, 3.63) is 200 Å². The van der Waals surface area contributed by atoms with Crippen molar-refractivity contribution in [1.82, 2.24) is 9.55 Å². The third kappa shape index (κ3) is 4.89. The summed E-state index contributed by atoms with van der Waals surface area (Å²) in [5, 5.41) is 12.2. The number of rotatable bonds is 5. The first-order valence-corrected chi connectivity index (χ1v) is 22.1. The molecule has 0 saturated carbocycles. The Morgan fingerprint density at radius 3 is 1.69 bits per heavy atom. The van der Waals surface area contributed by atoms with Gasteiger partial charge < -0.3 is 4.57 Å². The van der Waals surface area contributed by atoms with Gasteiger partial charge >= 0.3 is 0 Å². The molecule has 0 amide bonds. The second-order valence-corrected chi connectivity index (χ2v) is 18.3. The molecular weight excluding hydrogens is 736 g/mol. The molecule has 0 bridgehead atoms. The van der Waals surface area contributed by atoms with Crippen LogP contribution >= 0.6 is 7.14 Å². The SMILES string of the molecule is CCc1nc2cccc3c2n1-c1ccc(-c2ccc4c(-c5cccc6ccccc56)c5ccccc5c(-c5cccc6ccccc56)c4c2)cc1P3(=O)c1ccccc1. The first kappa shape index (κ1) is 34.0. The largest absolute Gasteiger partial charge is 0.308 e. The number of benzene rings is 10. The number of nitrogens with zero attached hydrogens (tertiary/aromatic N) is 2. The van der Waals surface area contributed by atoms with Gasteiger partial charge in [0, 0.05) is 22.3 Å². The lowest BCUT2D eigenvalue weighted by molar-refractivity contribution is 0.592. The third-order valence-electron chi connectivity index (χ3n) is 12.5. The molecule has 0 spiro atoms. The van der Waals surface area contributed by atoms with Gasteiger partial charge in [0.2, 0.25) is 0 Å². The molecule has 4 heteroatoms. The number of aromatic nitrogens is 2. The Morgan fingerprint density at radius 2 is 1.02 bits per heavy atom. The van der Waals surface area contributed by atoms with Crippen molar-refractivity contribution in [3.63, 3.8) is 0 Å². The Bertz CT molecular complexity index is 3570. The average Bonchev–Trinajstić information content (AvgIpc) is 3.69. The quantitative estimate of drug-likeness (QED) is 0.129. The number of aryl methyl sites for hydroxylation is 1. The van der Waals surface area contributed by atoms with Crippen molar-refractivity contribution < 1.29 is 4.57 Å². The summed E-state index contributed by atoms with van der Waals surface area (Å²) in [5.74, 6) is 0.971. The summed E-state index contributed by atoms with van der Waals surface area (Å²) >= 11 is 0. The fraction of sp³-hybridized carbons (Fsp3) is 0.0364. The molecule has 0 N–H and O–H groups in total. The van der Waals surface area contributed by atoms with Crippen LogP contribution < -0.4 is 15.9 Å². The molecule has 3 nitrogen and oxygen atoms in total. The van der Waals surface area contributed by atoms with Crippen molar-refractivity contribution in [2.45, 2.75) is 13.3 Å². The van der Waals surface area contributed by atoms with Crippen LogP contribution in [0, 0.1) is 0 Å². The van der Waals surface area contributed by atoms with E-state index in [9.17, 15) is 0 Å². The van der Waals surface area contributed by atoms with Crippen molar-refractivity contribution in [2.24, 2.45) is 0 Å². The molecule has 59 heavy (non-hydrogen) atoms. The number of para-hydroxylation sites is 1. The van der Waals surface area contributed by atoms with Gasteiger partial charge in [0.05, 0.1) is 16.7 Å². The third-order valence-corrected chi connectivity index (χ3v) is 15.6. The van der Waals surface area contributed by atoms with Crippen LogP contribution in [0.3, 0.4) is 0 Å². The maximum absolute atomic E-state index is 16.1. The lowest BCUT2D eigenvalue weighted by atomic mass is 9.83. The van der Waals surface area contributed by atoms with E-state index in [0.717, 1.165) is 56.0 Å². The lowest BCUT2D eigenvalue weighted by Crippen LogP contribution is -2.33. The van der Waals surface area contributed by atoms with E-state index < -0.39 is 7.14 Å². The minimum Gasteiger partial charge on any atom is -0.308 e. The van der Waals surface area contributed by atoms with E-state index in [2.05, 4.69) is 163 Å². The highest BCUT2D eigenvalue weighted by Crippen LogP contribution is 2.51. The van der Waals surface area contributed by atoms with E-state index in [0.29, 0.717) is 0 Å². The monoisotopic (exact) mass is 772 g/mol. The standard InChI is InChI=1S/C55H37N2OP/c1-2-52-56-48-27-14-28-50-55(48)57(52)49-32-30-38(34-51(49)59(50,58)39-19-4-3-5-20-39)37-29-31-46-47(33-37)54(43-26-13-18-36-16-7-9-22-41(36)43)45-24-11-10-23-44(45)53(46)42-25-12-17-35-15-6-8-21-40(35)42/h3-34H,2H2,1H3. The maximum atomic E-state index is 16.1. The number of fused-ring (bicyclic) bond motifs is 6. The van der Waals surface area contributed by atoms with Gasteiger partial charge in [-0.3, -0.25) is 4.57 Å². The van der Waals surface area contributed by atoms with Crippen LogP contribution in [0.4, 0.5) is 0 Å². The number of hydrogen-bond acceptors (Lipinski definition) is 2. The molecule has 1 unspecified atom stereocenters. The van der Waals surface area contributed by atoms with Gasteiger partial charge in [-0.1, -0.05) is 171 Å². The fourth-order valence-corrected chi connectivity index (χ4v) is 13.0. The summed E-state index contributed by atoms with van der Waals surface area (Å²) < 4.78 is 18.4. The zero-order chi connectivity index (χ0) is 39.2. The van der Waals surface area contributed by atoms with Crippen molar-refractivity contribution in [2.75, 3.05) is 0 Å². The van der Waals surface area contributed by atoms with E-state index >= 15 is 4.57 Å². The van der Waals surface area contributed by atoms with E-state index in [1.54, 1.807) is 0 Å². The molecule has 2 heterocycles. The summed E-state index contributed by atoms with van der Waals surface area (Å²) in [6.07, 6.45) is 0.763. The van der Waals surface area contributed by atoms with Gasteiger partial charge in [-0.2, -0.15) is 0 Å². The first-order chi connectivity index (χ1) is 29.1. The minimum absolute atomic E-state index is 0.763. The Balaban J connectivity index is 1.18. The predicted molar refractivity (Wildman–Crippen MR) is 250 cm³/mol. The highest BCUT2D eigenvalue weighted by atomic mass is 31.2. The van der Waals surface area contributed by atoms with E-state index in [4.69, 9.17) is 4.98 Å². The average molecular weight is 773 g/mol. The topological polar surface area (TPSA) is 34.9 Å². The molecule has 0 saturated heterocycles. The summed E-state index contributed by atoms with van der Waals surface area (Å²) in [6.45, 7) is 2.14. The molecule has 0 fully saturated rings. The van der Waals surface area contributed by atoms with Crippen LogP contribution in [-0.2, 0) is 11.0 Å². The van der Waals surface area contributed by atoms with E-state index in [-0.39, 0.29) is 0 Å². The second kappa shape index (κ2) is 13.0. The highest BCUT2D eigenvalue weighted by molar-refractivity contribution is 7.86. The second-order valence-electron chi connectivity index (χ2n) is 15.6. The van der Waals surface area contributed by atoms with Crippen molar-refractivity contribution in [3.8, 4) is 39.1 Å². The zero-order valence-corrected chi connectivity index (χ0v) is 33.3. The lowest BCUT2D eigenvalue weighted by Gasteiger charge is -2.29. The molecule has 10 aromatic carbocycles. The van der Waals surface area contributed by atoms with Gasteiger partial charge in [-0.15, -0.1) is 0 Å². The maximum Gasteiger partial charge on any atom is 0.175 e. The number of imidazole rings is 1. The summed E-state index contributed by atoms with van der Waals surface area (Å²) in [4.78, 5) is 5.05. The van der Waals surface area contributed by atoms with Crippen LogP contribution in [0.5, 0.6) is 0 Å². The molecule has 0 radical (unpaired) electrons. The Labute approximate surface area is 342 Å². The molecule has 1 atom stereocenters. The van der Waals surface area contributed by atoms with Crippen LogP contribution in [0.15, 0.2) is 194 Å². The number of hydrogen-bond donors (Lipinski definition) is 0. The molecule has 1 aliphatic rings. The Hall–Kier alpha value is -7.06. The Kier molecular flexibility index (Phi) is 7.48. The smallest absolute Gasteiger partial charge is 0.175 e. The molecule has 12 rings (SSSR count). The summed E-state index contributed by atoms with van der Waals surface area (Å²) in [7, 11) is -3.31. The first-order valence-electron chi connectivity index (χ1n) is 20.4. The van der Waals surface area contributed by atoms with Crippen molar-refractivity contribution in [1.29, 1.82) is 0 Å². The van der Waals surface area contributed by atoms with E-state index in [1.165, 1.54) is 65.3 Å². The highest BCUT2D eigenvalue weighted by Gasteiger charge is 2.40. The van der Waals surface area contributed by atoms with Gasteiger partial charge in [0.25, 0.3) is 0 Å². The van der Waals surface area contributed by atoms with Crippen LogP contribution in [-0.4, -0.2) is 9.55 Å². The van der Waals surface area contributed by atoms with Crippen LogP contribution in [0.2, 0.25) is 0 Å². The van der Waals surface area contributed by atoms with Gasteiger partial charge in [0.1, 0.15) is 5.82 Å². The molecule has 11 aromatic rings. The Morgan fingerprint density at radius 1 is 0.475 bits per heavy atom. The van der Waals surface area contributed by atoms with Gasteiger partial charge in [0.15, 0.2) is 7.14 Å². The molecule has 1 aromatic heterocycles. The van der Waals surface area contributed by atoms with Gasteiger partial charge in [-0.05, 0) is 107 Å². The fourth-order valence-electron chi connectivity index (χ4n) is 9.92. The summed E-state index contributed by atoms with van der Waals surface area (Å²) in [5.41, 5.74) is 9.76. The predicted octanol–water partition coefficient (Wildman–Crippen LogP) is 13.2. The van der Waals surface area contributed by atoms with Crippen molar-refractivity contribution >= 4 is 77.2 Å². The van der Waals surface area contributed by atoms with Crippen LogP contribution in [0.25, 0.3) is 93.2 Å². The zero-order valence-electron chi connectivity index (χ0n) is 32.4. The molecule has 0 aliphatic carbocycles. The molecule has 1 aliphatic heterocycles. The van der Waals surface area contributed by atoms with E-state index in [1.807, 2.05) is 42.5 Å². The normalized spacial score (nSPS) is 14.7. The summed E-state index contributed by atoms with van der Waals surface area (Å²) in [6, 6.07) is 69.3. The minimum atomic E-state index is -3.31.